The van der Waals surface area contributed by atoms with Gasteiger partial charge in [-0.1, -0.05) is 23.2 Å². The number of hydrogen-bond donors (Lipinski definition) is 0. The largest absolute Gasteiger partial charge is 0.343 e. The fraction of sp³-hybridized carbons (Fsp3) is 0.0769. The van der Waals surface area contributed by atoms with Crippen LogP contribution in [-0.4, -0.2) is 9.49 Å². The van der Waals surface area contributed by atoms with Gasteiger partial charge in [0.1, 0.15) is 5.02 Å². The second-order valence-corrected chi connectivity index (χ2v) is 5.11. The molecule has 2 aromatic carbocycles. The minimum atomic E-state index is -0.453. The summed E-state index contributed by atoms with van der Waals surface area (Å²) in [6.45, 7) is 0. The van der Waals surface area contributed by atoms with Crippen LogP contribution in [0, 0.1) is 10.1 Å². The van der Waals surface area contributed by atoms with E-state index in [4.69, 9.17) is 23.2 Å². The van der Waals surface area contributed by atoms with Gasteiger partial charge in [-0.15, -0.1) is 0 Å². The summed E-state index contributed by atoms with van der Waals surface area (Å²) in [5, 5.41) is 13.2. The molecule has 96 valence electrons. The van der Waals surface area contributed by atoms with Crippen LogP contribution in [-0.2, 0) is 7.05 Å². The summed E-state index contributed by atoms with van der Waals surface area (Å²) in [6, 6.07) is 8.65. The summed E-state index contributed by atoms with van der Waals surface area (Å²) < 4.78 is 1.89. The summed E-state index contributed by atoms with van der Waals surface area (Å²) >= 11 is 12.0. The maximum Gasteiger partial charge on any atom is 0.297 e. The van der Waals surface area contributed by atoms with Gasteiger partial charge in [-0.05, 0) is 30.3 Å². The third-order valence-electron chi connectivity index (χ3n) is 3.24. The average Bonchev–Trinajstić information content (AvgIpc) is 2.62. The smallest absolute Gasteiger partial charge is 0.297 e. The van der Waals surface area contributed by atoms with E-state index in [1.807, 2.05) is 17.7 Å². The molecule has 0 N–H and O–H groups in total. The molecule has 0 atom stereocenters. The van der Waals surface area contributed by atoms with Crippen LogP contribution in [0.2, 0.25) is 10.0 Å². The lowest BCUT2D eigenvalue weighted by Crippen LogP contribution is -1.91. The van der Waals surface area contributed by atoms with E-state index < -0.39 is 4.92 Å². The van der Waals surface area contributed by atoms with E-state index in [-0.39, 0.29) is 10.7 Å². The summed E-state index contributed by atoms with van der Waals surface area (Å²) in [4.78, 5) is 10.8. The molecule has 4 nitrogen and oxygen atoms in total. The van der Waals surface area contributed by atoms with Crippen molar-refractivity contribution in [3.63, 3.8) is 0 Å². The molecule has 0 unspecified atom stereocenters. The minimum absolute atomic E-state index is 0.0768. The SMILES string of the molecule is Cn1c2ccc(Cl)cc2c2c([N+](=O)[O-])c(Cl)ccc21. The standard InChI is InChI=1S/C13H8Cl2N2O2/c1-16-10-4-2-7(14)6-8(10)12-11(16)5-3-9(15)13(12)17(18)19/h2-6H,1H3. The Balaban J connectivity index is 2.65. The molecule has 0 radical (unpaired) electrons. The Morgan fingerprint density at radius 1 is 1.16 bits per heavy atom. The Bertz CT molecular complexity index is 840. The minimum Gasteiger partial charge on any atom is -0.343 e. The molecule has 0 aliphatic rings. The second-order valence-electron chi connectivity index (χ2n) is 4.27. The van der Waals surface area contributed by atoms with E-state index in [0.717, 1.165) is 16.4 Å². The molecule has 19 heavy (non-hydrogen) atoms. The molecule has 0 amide bonds. The number of halogens is 2. The Morgan fingerprint density at radius 2 is 1.84 bits per heavy atom. The fourth-order valence-corrected chi connectivity index (χ4v) is 2.81. The fourth-order valence-electron chi connectivity index (χ4n) is 2.41. The molecule has 3 aromatic rings. The van der Waals surface area contributed by atoms with Gasteiger partial charge >= 0.3 is 0 Å². The maximum atomic E-state index is 11.3. The highest BCUT2D eigenvalue weighted by atomic mass is 35.5. The number of hydrogen-bond acceptors (Lipinski definition) is 2. The molecule has 0 bridgehead atoms. The van der Waals surface area contributed by atoms with Crippen molar-refractivity contribution in [3.8, 4) is 0 Å². The zero-order valence-corrected chi connectivity index (χ0v) is 11.4. The Kier molecular flexibility index (Phi) is 2.66. The highest BCUT2D eigenvalue weighted by Crippen LogP contribution is 2.39. The molecule has 0 spiro atoms. The maximum absolute atomic E-state index is 11.3. The van der Waals surface area contributed by atoms with Crippen LogP contribution >= 0.6 is 23.2 Å². The molecule has 0 saturated carbocycles. The van der Waals surface area contributed by atoms with Crippen LogP contribution in [0.25, 0.3) is 21.8 Å². The predicted octanol–water partition coefficient (Wildman–Crippen LogP) is 4.55. The quantitative estimate of drug-likeness (QED) is 0.488. The highest BCUT2D eigenvalue weighted by molar-refractivity contribution is 6.36. The Labute approximate surface area is 118 Å². The first kappa shape index (κ1) is 12.3. The number of fused-ring (bicyclic) bond motifs is 3. The Morgan fingerprint density at radius 3 is 2.53 bits per heavy atom. The van der Waals surface area contributed by atoms with E-state index in [9.17, 15) is 10.1 Å². The van der Waals surface area contributed by atoms with Crippen molar-refractivity contribution in [1.82, 2.24) is 4.57 Å². The number of nitrogens with zero attached hydrogens (tertiary/aromatic N) is 2. The van der Waals surface area contributed by atoms with Crippen molar-refractivity contribution in [2.45, 2.75) is 0 Å². The first-order valence-electron chi connectivity index (χ1n) is 5.51. The number of benzene rings is 2. The van der Waals surface area contributed by atoms with E-state index in [2.05, 4.69) is 0 Å². The van der Waals surface area contributed by atoms with Crippen molar-refractivity contribution < 1.29 is 4.92 Å². The molecular formula is C13H8Cl2N2O2. The predicted molar refractivity (Wildman–Crippen MR) is 77.1 cm³/mol. The highest BCUT2D eigenvalue weighted by Gasteiger charge is 2.22. The van der Waals surface area contributed by atoms with E-state index >= 15 is 0 Å². The normalized spacial score (nSPS) is 11.3. The van der Waals surface area contributed by atoms with Gasteiger partial charge in [-0.25, -0.2) is 0 Å². The third-order valence-corrected chi connectivity index (χ3v) is 3.78. The summed E-state index contributed by atoms with van der Waals surface area (Å²) in [5.41, 5.74) is 1.56. The monoisotopic (exact) mass is 294 g/mol. The number of aromatic nitrogens is 1. The zero-order chi connectivity index (χ0) is 13.7. The summed E-state index contributed by atoms with van der Waals surface area (Å²) in [5.74, 6) is 0. The van der Waals surface area contributed by atoms with Gasteiger partial charge < -0.3 is 4.57 Å². The molecule has 0 saturated heterocycles. The van der Waals surface area contributed by atoms with Crippen LogP contribution < -0.4 is 0 Å². The van der Waals surface area contributed by atoms with Crippen LogP contribution in [0.3, 0.4) is 0 Å². The number of aryl methyl sites for hydroxylation is 1. The molecule has 0 aliphatic heterocycles. The summed E-state index contributed by atoms with van der Waals surface area (Å²) in [7, 11) is 1.86. The zero-order valence-electron chi connectivity index (χ0n) is 9.85. The third kappa shape index (κ3) is 1.68. The van der Waals surface area contributed by atoms with Gasteiger partial charge in [-0.3, -0.25) is 10.1 Å². The molecule has 0 fully saturated rings. The van der Waals surface area contributed by atoms with Gasteiger partial charge in [0, 0.05) is 23.0 Å². The topological polar surface area (TPSA) is 48.1 Å². The molecule has 1 heterocycles. The summed E-state index contributed by atoms with van der Waals surface area (Å²) in [6.07, 6.45) is 0. The molecule has 1 aromatic heterocycles. The molecule has 6 heteroatoms. The van der Waals surface area contributed by atoms with Crippen LogP contribution in [0.4, 0.5) is 5.69 Å². The number of nitro benzene ring substituents is 1. The van der Waals surface area contributed by atoms with Gasteiger partial charge in [0.05, 0.1) is 15.8 Å². The van der Waals surface area contributed by atoms with Crippen molar-refractivity contribution in [2.75, 3.05) is 0 Å². The van der Waals surface area contributed by atoms with Gasteiger partial charge in [0.15, 0.2) is 0 Å². The second kappa shape index (κ2) is 4.11. The Hall–Kier alpha value is -1.78. The van der Waals surface area contributed by atoms with Crippen molar-refractivity contribution >= 4 is 50.7 Å². The van der Waals surface area contributed by atoms with Gasteiger partial charge in [-0.2, -0.15) is 0 Å². The van der Waals surface area contributed by atoms with Crippen molar-refractivity contribution in [2.24, 2.45) is 7.05 Å². The average molecular weight is 295 g/mol. The van der Waals surface area contributed by atoms with Crippen molar-refractivity contribution in [1.29, 1.82) is 0 Å². The molecular weight excluding hydrogens is 287 g/mol. The number of nitro groups is 1. The van der Waals surface area contributed by atoms with Crippen molar-refractivity contribution in [3.05, 3.63) is 50.5 Å². The molecule has 0 aliphatic carbocycles. The lowest BCUT2D eigenvalue weighted by Gasteiger charge is -1.99. The number of rotatable bonds is 1. The first-order valence-corrected chi connectivity index (χ1v) is 6.27. The van der Waals surface area contributed by atoms with Crippen LogP contribution in [0.15, 0.2) is 30.3 Å². The lowest BCUT2D eigenvalue weighted by atomic mass is 10.1. The van der Waals surface area contributed by atoms with Crippen LogP contribution in [0.1, 0.15) is 0 Å². The van der Waals surface area contributed by atoms with Crippen LogP contribution in [0.5, 0.6) is 0 Å². The van der Waals surface area contributed by atoms with E-state index in [1.165, 1.54) is 0 Å². The van der Waals surface area contributed by atoms with Gasteiger partial charge in [0.2, 0.25) is 0 Å². The van der Waals surface area contributed by atoms with E-state index in [0.29, 0.717) is 10.4 Å². The van der Waals surface area contributed by atoms with Gasteiger partial charge in [0.25, 0.3) is 5.69 Å². The molecule has 3 rings (SSSR count). The van der Waals surface area contributed by atoms with E-state index in [1.54, 1.807) is 24.3 Å². The first-order chi connectivity index (χ1) is 9.00. The lowest BCUT2D eigenvalue weighted by molar-refractivity contribution is -0.382.